The van der Waals surface area contributed by atoms with Crippen molar-refractivity contribution in [2.75, 3.05) is 18.5 Å². The van der Waals surface area contributed by atoms with Gasteiger partial charge in [-0.25, -0.2) is 19.3 Å². The fourth-order valence-electron chi connectivity index (χ4n) is 1.92. The molecule has 0 saturated heterocycles. The van der Waals surface area contributed by atoms with Gasteiger partial charge in [-0.15, -0.1) is 0 Å². The molecular formula is C15H13Cl4FN4O2. The van der Waals surface area contributed by atoms with Gasteiger partial charge in [0.2, 0.25) is 0 Å². The second-order valence-corrected chi connectivity index (χ2v) is 7.02. The van der Waals surface area contributed by atoms with Crippen LogP contribution in [-0.4, -0.2) is 34.1 Å². The second kappa shape index (κ2) is 9.50. The van der Waals surface area contributed by atoms with Crippen LogP contribution >= 0.6 is 46.4 Å². The van der Waals surface area contributed by atoms with Crippen molar-refractivity contribution >= 4 is 58.1 Å². The molecule has 0 atom stereocenters. The number of carbonyl (C=O) groups excluding carboxylic acids is 1. The van der Waals surface area contributed by atoms with Crippen molar-refractivity contribution in [2.45, 2.75) is 16.6 Å². The summed E-state index contributed by atoms with van der Waals surface area (Å²) in [5.41, 5.74) is 0.452. The zero-order valence-electron chi connectivity index (χ0n) is 13.3. The molecule has 0 spiro atoms. The van der Waals surface area contributed by atoms with Crippen molar-refractivity contribution < 1.29 is 13.9 Å². The van der Waals surface area contributed by atoms with Gasteiger partial charge in [0.1, 0.15) is 12.4 Å². The van der Waals surface area contributed by atoms with Crippen molar-refractivity contribution in [1.82, 2.24) is 15.0 Å². The molecule has 0 saturated carbocycles. The van der Waals surface area contributed by atoms with Crippen molar-refractivity contribution in [3.05, 3.63) is 35.7 Å². The Hall–Kier alpha value is -1.41. The minimum absolute atomic E-state index is 0.00328. The van der Waals surface area contributed by atoms with Crippen LogP contribution in [0.3, 0.4) is 0 Å². The number of halogens is 5. The normalized spacial score (nSPS) is 11.1. The van der Waals surface area contributed by atoms with E-state index in [1.807, 2.05) is 0 Å². The Kier molecular flexibility index (Phi) is 7.64. The van der Waals surface area contributed by atoms with Crippen LogP contribution in [0.5, 0.6) is 0 Å². The van der Waals surface area contributed by atoms with Crippen LogP contribution in [0.25, 0.3) is 11.4 Å². The van der Waals surface area contributed by atoms with Crippen LogP contribution in [-0.2, 0) is 9.53 Å². The number of aromatic nitrogens is 3. The first-order chi connectivity index (χ1) is 12.3. The van der Waals surface area contributed by atoms with Gasteiger partial charge in [-0.3, -0.25) is 4.79 Å². The minimum atomic E-state index is -1.06. The number of nitrogens with zero attached hydrogens (tertiary/aromatic N) is 3. The zero-order valence-corrected chi connectivity index (χ0v) is 16.4. The molecule has 1 heterocycles. The first kappa shape index (κ1) is 20.9. The van der Waals surface area contributed by atoms with E-state index in [-0.39, 0.29) is 36.2 Å². The summed E-state index contributed by atoms with van der Waals surface area (Å²) in [6, 6.07) is 4.18. The molecule has 1 N–H and O–H groups in total. The largest absolute Gasteiger partial charge is 0.465 e. The van der Waals surface area contributed by atoms with E-state index in [4.69, 9.17) is 51.1 Å². The molecule has 1 aromatic carbocycles. The van der Waals surface area contributed by atoms with E-state index in [0.29, 0.717) is 5.69 Å². The minimum Gasteiger partial charge on any atom is -0.465 e. The Balaban J connectivity index is 2.30. The molecule has 2 rings (SSSR count). The lowest BCUT2D eigenvalue weighted by Gasteiger charge is -2.10. The second-order valence-electron chi connectivity index (χ2n) is 4.83. The van der Waals surface area contributed by atoms with E-state index < -0.39 is 21.5 Å². The molecule has 0 aliphatic carbocycles. The Morgan fingerprint density at radius 3 is 2.27 bits per heavy atom. The quantitative estimate of drug-likeness (QED) is 0.499. The highest BCUT2D eigenvalue weighted by Gasteiger charge is 2.19. The van der Waals surface area contributed by atoms with E-state index in [2.05, 4.69) is 20.3 Å². The third-order valence-corrected chi connectivity index (χ3v) is 3.79. The van der Waals surface area contributed by atoms with E-state index in [1.54, 1.807) is 13.0 Å². The highest BCUT2D eigenvalue weighted by Crippen LogP contribution is 2.29. The van der Waals surface area contributed by atoms with Gasteiger partial charge in [-0.1, -0.05) is 46.4 Å². The number of ether oxygens (including phenoxy) is 1. The predicted molar refractivity (Wildman–Crippen MR) is 99.2 cm³/mol. The number of carbonyl (C=O) groups is 1. The lowest BCUT2D eigenvalue weighted by Crippen LogP contribution is -2.16. The molecule has 11 heteroatoms. The first-order valence-corrected chi connectivity index (χ1v) is 9.08. The van der Waals surface area contributed by atoms with Crippen LogP contribution in [0.1, 0.15) is 28.2 Å². The van der Waals surface area contributed by atoms with Gasteiger partial charge in [0.25, 0.3) is 0 Å². The van der Waals surface area contributed by atoms with Crippen LogP contribution < -0.4 is 5.32 Å². The molecule has 0 aliphatic rings. The van der Waals surface area contributed by atoms with Gasteiger partial charge in [-0.05, 0) is 25.1 Å². The van der Waals surface area contributed by atoms with Gasteiger partial charge < -0.3 is 10.1 Å². The molecule has 26 heavy (non-hydrogen) atoms. The Bertz CT molecular complexity index is 766. The molecule has 0 aliphatic heterocycles. The van der Waals surface area contributed by atoms with Gasteiger partial charge in [0.15, 0.2) is 27.1 Å². The summed E-state index contributed by atoms with van der Waals surface area (Å²) in [5, 5.41) is 2.76. The first-order valence-electron chi connectivity index (χ1n) is 7.33. The molecule has 0 fully saturated rings. The molecular weight excluding hydrogens is 429 g/mol. The number of anilines is 1. The highest BCUT2D eigenvalue weighted by molar-refractivity contribution is 6.44. The Labute approximate surface area is 169 Å². The number of benzene rings is 1. The monoisotopic (exact) mass is 440 g/mol. The summed E-state index contributed by atoms with van der Waals surface area (Å²) in [5.74, 6) is -1.10. The topological polar surface area (TPSA) is 77.0 Å². The van der Waals surface area contributed by atoms with E-state index >= 15 is 0 Å². The number of alkyl halides is 4. The number of hydrogen-bond donors (Lipinski definition) is 1. The SMILES string of the molecule is CCOC(=O)CNc1ccc(-c2nc(C(Cl)Cl)nc(C(Cl)Cl)n2)c(F)c1. The maximum Gasteiger partial charge on any atom is 0.325 e. The highest BCUT2D eigenvalue weighted by atomic mass is 35.5. The Morgan fingerprint density at radius 1 is 1.15 bits per heavy atom. The standard InChI is InChI=1S/C15H13Cl4FN4O2/c1-2-26-10(25)6-21-7-3-4-8(9(20)5-7)13-22-14(11(16)17)24-15(23-13)12(18)19/h3-5,11-12,21H,2,6H2,1H3. The summed E-state index contributed by atoms with van der Waals surface area (Å²) in [6.45, 7) is 1.87. The molecule has 0 radical (unpaired) electrons. The molecule has 6 nitrogen and oxygen atoms in total. The molecule has 140 valence electrons. The molecule has 2 aromatic rings. The molecule has 0 bridgehead atoms. The maximum atomic E-state index is 14.5. The van der Waals surface area contributed by atoms with Crippen LogP contribution in [0.4, 0.5) is 10.1 Å². The van der Waals surface area contributed by atoms with E-state index in [1.165, 1.54) is 12.1 Å². The molecule has 0 unspecified atom stereocenters. The van der Waals surface area contributed by atoms with Crippen LogP contribution in [0, 0.1) is 5.82 Å². The lowest BCUT2D eigenvalue weighted by atomic mass is 10.1. The summed E-state index contributed by atoms with van der Waals surface area (Å²) < 4.78 is 19.3. The smallest absolute Gasteiger partial charge is 0.325 e. The van der Waals surface area contributed by atoms with Crippen molar-refractivity contribution in [2.24, 2.45) is 0 Å². The Morgan fingerprint density at radius 2 is 1.77 bits per heavy atom. The summed E-state index contributed by atoms with van der Waals surface area (Å²) in [7, 11) is 0. The molecule has 0 amide bonds. The predicted octanol–water partition coefficient (Wildman–Crippen LogP) is 4.61. The number of esters is 1. The summed E-state index contributed by atoms with van der Waals surface area (Å²) in [6.07, 6.45) is 0. The average molecular weight is 442 g/mol. The average Bonchev–Trinajstić information content (AvgIpc) is 2.59. The molecule has 1 aromatic heterocycles. The summed E-state index contributed by atoms with van der Waals surface area (Å²) >= 11 is 23.1. The van der Waals surface area contributed by atoms with Crippen molar-refractivity contribution in [1.29, 1.82) is 0 Å². The zero-order chi connectivity index (χ0) is 19.3. The van der Waals surface area contributed by atoms with Gasteiger partial charge in [-0.2, -0.15) is 0 Å². The van der Waals surface area contributed by atoms with Gasteiger partial charge in [0, 0.05) is 5.69 Å². The summed E-state index contributed by atoms with van der Waals surface area (Å²) in [4.78, 5) is 21.2. The number of hydrogen-bond acceptors (Lipinski definition) is 6. The van der Waals surface area contributed by atoms with E-state index in [9.17, 15) is 9.18 Å². The third-order valence-electron chi connectivity index (χ3n) is 3.01. The fraction of sp³-hybridized carbons (Fsp3) is 0.333. The van der Waals surface area contributed by atoms with Crippen LogP contribution in [0.2, 0.25) is 0 Å². The number of nitrogens with one attached hydrogen (secondary N) is 1. The number of rotatable bonds is 7. The third kappa shape index (κ3) is 5.54. The van der Waals surface area contributed by atoms with Crippen molar-refractivity contribution in [3.8, 4) is 11.4 Å². The lowest BCUT2D eigenvalue weighted by molar-refractivity contribution is -0.140. The van der Waals surface area contributed by atoms with Crippen LogP contribution in [0.15, 0.2) is 18.2 Å². The van der Waals surface area contributed by atoms with Gasteiger partial charge in [0.05, 0.1) is 12.2 Å². The van der Waals surface area contributed by atoms with Crippen molar-refractivity contribution in [3.63, 3.8) is 0 Å². The van der Waals surface area contributed by atoms with Gasteiger partial charge >= 0.3 is 5.97 Å². The van der Waals surface area contributed by atoms with E-state index in [0.717, 1.165) is 0 Å². The maximum absolute atomic E-state index is 14.5. The fourth-order valence-corrected chi connectivity index (χ4v) is 2.31.